The molecule has 1 aliphatic heterocycles. The zero-order valence-electron chi connectivity index (χ0n) is 12.4. The second-order valence-electron chi connectivity index (χ2n) is 5.50. The highest BCUT2D eigenvalue weighted by Crippen LogP contribution is 2.13. The van der Waals surface area contributed by atoms with E-state index in [0.29, 0.717) is 0 Å². The Labute approximate surface area is 128 Å². The maximum Gasteiger partial charge on any atom is 0.0893 e. The van der Waals surface area contributed by atoms with Gasteiger partial charge in [0, 0.05) is 30.5 Å². The predicted molar refractivity (Wildman–Crippen MR) is 86.7 cm³/mol. The first kappa shape index (κ1) is 15.2. The normalized spacial score (nSPS) is 14.3. The van der Waals surface area contributed by atoms with Crippen molar-refractivity contribution in [1.29, 1.82) is 0 Å². The first-order chi connectivity index (χ1) is 9.78. The molecule has 0 fully saturated rings. The van der Waals surface area contributed by atoms with E-state index in [4.69, 9.17) is 11.6 Å². The molecule has 20 heavy (non-hydrogen) atoms. The van der Waals surface area contributed by atoms with Crippen molar-refractivity contribution in [3.8, 4) is 0 Å². The molecule has 0 unspecified atom stereocenters. The van der Waals surface area contributed by atoms with Crippen molar-refractivity contribution in [3.05, 3.63) is 47.3 Å². The monoisotopic (exact) mass is 292 g/mol. The fraction of sp³-hybridized carbons (Fsp3) is 0.529. The summed E-state index contributed by atoms with van der Waals surface area (Å²) in [7, 11) is 0. The summed E-state index contributed by atoms with van der Waals surface area (Å²) in [5.74, 6) is 0. The molecule has 0 aliphatic carbocycles. The van der Waals surface area contributed by atoms with Crippen LogP contribution in [0.2, 0.25) is 5.02 Å². The molecule has 0 atom stereocenters. The highest BCUT2D eigenvalue weighted by molar-refractivity contribution is 6.30. The lowest BCUT2D eigenvalue weighted by Crippen LogP contribution is -2.26. The van der Waals surface area contributed by atoms with E-state index in [-0.39, 0.29) is 0 Å². The summed E-state index contributed by atoms with van der Waals surface area (Å²) in [4.78, 5) is 4.82. The van der Waals surface area contributed by atoms with E-state index in [1.54, 1.807) is 0 Å². The van der Waals surface area contributed by atoms with Crippen LogP contribution in [-0.2, 0) is 6.42 Å². The number of halogens is 1. The predicted octanol–water partition coefficient (Wildman–Crippen LogP) is 4.51. The third kappa shape index (κ3) is 5.09. The molecule has 2 nitrogen and oxygen atoms in total. The van der Waals surface area contributed by atoms with E-state index in [2.05, 4.69) is 41.3 Å². The maximum atomic E-state index is 5.89. The van der Waals surface area contributed by atoms with Gasteiger partial charge in [0.2, 0.25) is 0 Å². The van der Waals surface area contributed by atoms with Gasteiger partial charge in [-0.05, 0) is 43.4 Å². The molecule has 0 saturated heterocycles. The van der Waals surface area contributed by atoms with Gasteiger partial charge in [-0.1, -0.05) is 37.1 Å². The van der Waals surface area contributed by atoms with Crippen LogP contribution in [0.25, 0.3) is 0 Å². The fourth-order valence-corrected chi connectivity index (χ4v) is 2.59. The molecule has 0 amide bonds. The Hall–Kier alpha value is -1.15. The molecule has 1 aromatic rings. The minimum atomic E-state index is 0.822. The minimum absolute atomic E-state index is 0.822. The van der Waals surface area contributed by atoms with Gasteiger partial charge in [0.15, 0.2) is 0 Å². The molecule has 0 aromatic heterocycles. The molecule has 0 bridgehead atoms. The highest BCUT2D eigenvalue weighted by atomic mass is 35.5. The molecule has 1 aliphatic rings. The number of benzene rings is 1. The lowest BCUT2D eigenvalue weighted by molar-refractivity contribution is 0.259. The van der Waals surface area contributed by atoms with Crippen LogP contribution in [0.1, 0.15) is 38.2 Å². The van der Waals surface area contributed by atoms with Gasteiger partial charge >= 0.3 is 0 Å². The van der Waals surface area contributed by atoms with Gasteiger partial charge in [-0.3, -0.25) is 0 Å². The Morgan fingerprint density at radius 2 is 1.60 bits per heavy atom. The molecule has 0 N–H and O–H groups in total. The summed E-state index contributed by atoms with van der Waals surface area (Å²) >= 11 is 5.89. The number of nitrogens with zero attached hydrogens (tertiary/aromatic N) is 2. The van der Waals surface area contributed by atoms with Crippen molar-refractivity contribution in [2.24, 2.45) is 0 Å². The van der Waals surface area contributed by atoms with Gasteiger partial charge in [-0.15, -0.1) is 0 Å². The summed E-state index contributed by atoms with van der Waals surface area (Å²) in [5.41, 5.74) is 1.39. The van der Waals surface area contributed by atoms with Crippen LogP contribution in [0.4, 0.5) is 0 Å². The third-order valence-electron chi connectivity index (χ3n) is 3.72. The molecular weight excluding hydrogens is 268 g/mol. The summed E-state index contributed by atoms with van der Waals surface area (Å²) in [6.07, 6.45) is 10.6. The van der Waals surface area contributed by atoms with Crippen molar-refractivity contribution in [2.45, 2.75) is 39.0 Å². The van der Waals surface area contributed by atoms with E-state index in [1.165, 1.54) is 37.8 Å². The van der Waals surface area contributed by atoms with E-state index < -0.39 is 0 Å². The van der Waals surface area contributed by atoms with Crippen molar-refractivity contribution in [3.63, 3.8) is 0 Å². The van der Waals surface area contributed by atoms with E-state index in [9.17, 15) is 0 Å². The second kappa shape index (κ2) is 8.21. The number of rotatable bonds is 8. The molecule has 0 saturated carbocycles. The van der Waals surface area contributed by atoms with Gasteiger partial charge < -0.3 is 9.80 Å². The first-order valence-electron chi connectivity index (χ1n) is 7.69. The van der Waals surface area contributed by atoms with Crippen LogP contribution < -0.4 is 0 Å². The molecule has 2 rings (SSSR count). The quantitative estimate of drug-likeness (QED) is 0.651. The van der Waals surface area contributed by atoms with Gasteiger partial charge in [-0.25, -0.2) is 0 Å². The Bertz CT molecular complexity index is 414. The smallest absolute Gasteiger partial charge is 0.0893 e. The van der Waals surface area contributed by atoms with Gasteiger partial charge in [0.1, 0.15) is 0 Å². The van der Waals surface area contributed by atoms with Crippen LogP contribution in [0, 0.1) is 0 Å². The van der Waals surface area contributed by atoms with Crippen molar-refractivity contribution < 1.29 is 0 Å². The highest BCUT2D eigenvalue weighted by Gasteiger charge is 2.10. The van der Waals surface area contributed by atoms with E-state index >= 15 is 0 Å². The summed E-state index contributed by atoms with van der Waals surface area (Å²) in [6, 6.07) is 8.21. The number of hydrogen-bond donors (Lipinski definition) is 0. The lowest BCUT2D eigenvalue weighted by Gasteiger charge is -2.21. The van der Waals surface area contributed by atoms with Crippen LogP contribution in [0.3, 0.4) is 0 Å². The van der Waals surface area contributed by atoms with Crippen molar-refractivity contribution >= 4 is 11.6 Å². The second-order valence-corrected chi connectivity index (χ2v) is 5.94. The van der Waals surface area contributed by atoms with E-state index in [0.717, 1.165) is 24.7 Å². The van der Waals surface area contributed by atoms with Crippen LogP contribution >= 0.6 is 11.6 Å². The summed E-state index contributed by atoms with van der Waals surface area (Å²) in [6.45, 7) is 5.66. The van der Waals surface area contributed by atoms with Crippen LogP contribution in [-0.4, -0.2) is 29.6 Å². The molecule has 1 heterocycles. The van der Waals surface area contributed by atoms with Crippen molar-refractivity contribution in [1.82, 2.24) is 9.80 Å². The Kier molecular flexibility index (Phi) is 6.25. The Morgan fingerprint density at radius 1 is 0.950 bits per heavy atom. The van der Waals surface area contributed by atoms with Gasteiger partial charge in [-0.2, -0.15) is 0 Å². The summed E-state index contributed by atoms with van der Waals surface area (Å²) in [5, 5.41) is 0.822. The van der Waals surface area contributed by atoms with Crippen molar-refractivity contribution in [2.75, 3.05) is 19.8 Å². The SMILES string of the molecule is CCCCN1C=CN(CCCCc2ccc(Cl)cc2)C1. The minimum Gasteiger partial charge on any atom is -0.359 e. The fourth-order valence-electron chi connectivity index (χ4n) is 2.46. The zero-order chi connectivity index (χ0) is 14.2. The van der Waals surface area contributed by atoms with Gasteiger partial charge in [0.05, 0.1) is 6.67 Å². The maximum absolute atomic E-state index is 5.89. The third-order valence-corrected chi connectivity index (χ3v) is 3.98. The van der Waals surface area contributed by atoms with E-state index in [1.807, 2.05) is 12.1 Å². The number of unbranched alkanes of at least 4 members (excludes halogenated alkanes) is 2. The molecule has 0 radical (unpaired) electrons. The molecule has 0 spiro atoms. The van der Waals surface area contributed by atoms with Crippen LogP contribution in [0.15, 0.2) is 36.7 Å². The Balaban J connectivity index is 1.58. The standard InChI is InChI=1S/C17H25ClN2/c1-2-3-11-19-13-14-20(15-19)12-5-4-6-16-7-9-17(18)10-8-16/h7-10,13-14H,2-6,11-12,15H2,1H3. The average molecular weight is 293 g/mol. The number of hydrogen-bond acceptors (Lipinski definition) is 2. The first-order valence-corrected chi connectivity index (χ1v) is 8.06. The van der Waals surface area contributed by atoms with Crippen LogP contribution in [0.5, 0.6) is 0 Å². The molecule has 110 valence electrons. The lowest BCUT2D eigenvalue weighted by atomic mass is 10.1. The number of aryl methyl sites for hydroxylation is 1. The average Bonchev–Trinajstić information content (AvgIpc) is 2.91. The zero-order valence-corrected chi connectivity index (χ0v) is 13.1. The summed E-state index contributed by atoms with van der Waals surface area (Å²) < 4.78 is 0. The molecule has 3 heteroatoms. The molecule has 1 aromatic carbocycles. The molecular formula is C17H25ClN2. The largest absolute Gasteiger partial charge is 0.359 e. The topological polar surface area (TPSA) is 6.48 Å². The Morgan fingerprint density at radius 3 is 2.25 bits per heavy atom. The van der Waals surface area contributed by atoms with Gasteiger partial charge in [0.25, 0.3) is 0 Å².